The molecule has 140 valence electrons. The Morgan fingerprint density at radius 1 is 1.00 bits per heavy atom. The molecule has 0 fully saturated rings. The molecule has 2 aromatic carbocycles. The number of carbonyl (C=O) groups is 1. The van der Waals surface area contributed by atoms with Gasteiger partial charge in [0.2, 0.25) is 5.85 Å². The van der Waals surface area contributed by atoms with Crippen molar-refractivity contribution in [2.45, 2.75) is 26.6 Å². The molecule has 6 nitrogen and oxygen atoms in total. The third-order valence-corrected chi connectivity index (χ3v) is 5.73. The van der Waals surface area contributed by atoms with Crippen molar-refractivity contribution in [3.63, 3.8) is 0 Å². The van der Waals surface area contributed by atoms with Gasteiger partial charge in [0.1, 0.15) is 11.5 Å². The number of aryl methyl sites for hydroxylation is 1. The van der Waals surface area contributed by atoms with E-state index in [2.05, 4.69) is 0 Å². The van der Waals surface area contributed by atoms with Gasteiger partial charge in [0.05, 0.1) is 5.56 Å². The maximum absolute atomic E-state index is 12.6. The van der Waals surface area contributed by atoms with Crippen molar-refractivity contribution >= 4 is 13.6 Å². The molecule has 0 saturated heterocycles. The quantitative estimate of drug-likeness (QED) is 0.508. The average molecular weight is 378 g/mol. The molecular formula is C19H23O6P. The van der Waals surface area contributed by atoms with Crippen LogP contribution in [0.1, 0.15) is 41.2 Å². The highest BCUT2D eigenvalue weighted by Crippen LogP contribution is 2.63. The van der Waals surface area contributed by atoms with Gasteiger partial charge in [0.25, 0.3) is 0 Å². The van der Waals surface area contributed by atoms with Gasteiger partial charge in [-0.1, -0.05) is 26.0 Å². The van der Waals surface area contributed by atoms with Crippen molar-refractivity contribution in [3.05, 3.63) is 59.2 Å². The number of benzene rings is 2. The Bertz CT molecular complexity index is 825. The second-order valence-electron chi connectivity index (χ2n) is 5.33. The van der Waals surface area contributed by atoms with Gasteiger partial charge < -0.3 is 18.5 Å². The van der Waals surface area contributed by atoms with Crippen LogP contribution in [0.2, 0.25) is 0 Å². The predicted octanol–water partition coefficient (Wildman–Crippen LogP) is 5.47. The lowest BCUT2D eigenvalue weighted by atomic mass is 10.1. The highest BCUT2D eigenvalue weighted by Gasteiger charge is 2.45. The third kappa shape index (κ3) is 3.98. The van der Waals surface area contributed by atoms with E-state index < -0.39 is 19.4 Å². The Labute approximate surface area is 153 Å². The molecule has 1 atom stereocenters. The smallest absolute Gasteiger partial charge is 0.375 e. The summed E-state index contributed by atoms with van der Waals surface area (Å²) in [6.45, 7) is 5.96. The van der Waals surface area contributed by atoms with E-state index in [-0.39, 0.29) is 0 Å². The van der Waals surface area contributed by atoms with Crippen molar-refractivity contribution < 1.29 is 27.9 Å². The number of ether oxygens (including phenoxy) is 2. The topological polar surface area (TPSA) is 71.1 Å². The standard InChI is InChI=1S/C17H17O6P.C2H6/c1-11-5-4-6-12(9-11)22-13-7-8-14-15(10-13)17(23-16(14)18)24(19,20-2)21-3;1-2/h4-10,17H,1-3H3;1-2H3. The molecule has 0 bridgehead atoms. The summed E-state index contributed by atoms with van der Waals surface area (Å²) < 4.78 is 33.5. The number of rotatable bonds is 5. The Morgan fingerprint density at radius 2 is 1.65 bits per heavy atom. The van der Waals surface area contributed by atoms with Gasteiger partial charge in [-0.15, -0.1) is 0 Å². The zero-order valence-electron chi connectivity index (χ0n) is 15.5. The van der Waals surface area contributed by atoms with Crippen LogP contribution in [0.3, 0.4) is 0 Å². The summed E-state index contributed by atoms with van der Waals surface area (Å²) >= 11 is 0. The summed E-state index contributed by atoms with van der Waals surface area (Å²) in [5, 5.41) is 0. The van der Waals surface area contributed by atoms with Crippen LogP contribution in [0.25, 0.3) is 0 Å². The molecule has 1 heterocycles. The van der Waals surface area contributed by atoms with Crippen molar-refractivity contribution in [1.82, 2.24) is 0 Å². The van der Waals surface area contributed by atoms with E-state index in [1.165, 1.54) is 14.2 Å². The molecule has 26 heavy (non-hydrogen) atoms. The van der Waals surface area contributed by atoms with Crippen LogP contribution in [0.15, 0.2) is 42.5 Å². The van der Waals surface area contributed by atoms with Crippen molar-refractivity contribution in [1.29, 1.82) is 0 Å². The number of carbonyl (C=O) groups excluding carboxylic acids is 1. The first kappa shape index (κ1) is 20.2. The lowest BCUT2D eigenvalue weighted by molar-refractivity contribution is 0.0456. The highest BCUT2D eigenvalue weighted by molar-refractivity contribution is 7.54. The Morgan fingerprint density at radius 3 is 2.27 bits per heavy atom. The van der Waals surface area contributed by atoms with Crippen molar-refractivity contribution in [3.8, 4) is 11.5 Å². The maximum atomic E-state index is 12.6. The fourth-order valence-corrected chi connectivity index (χ4v) is 3.85. The molecule has 0 spiro atoms. The average Bonchev–Trinajstić information content (AvgIpc) is 2.99. The highest BCUT2D eigenvalue weighted by atomic mass is 31.2. The van der Waals surface area contributed by atoms with Crippen LogP contribution in [-0.4, -0.2) is 20.2 Å². The summed E-state index contributed by atoms with van der Waals surface area (Å²) in [6, 6.07) is 12.4. The zero-order valence-corrected chi connectivity index (χ0v) is 16.4. The minimum Gasteiger partial charge on any atom is -0.457 e. The minimum absolute atomic E-state index is 0.325. The van der Waals surface area contributed by atoms with Crippen molar-refractivity contribution in [2.75, 3.05) is 14.2 Å². The second-order valence-corrected chi connectivity index (χ2v) is 7.61. The zero-order chi connectivity index (χ0) is 19.3. The largest absolute Gasteiger partial charge is 0.457 e. The molecule has 0 N–H and O–H groups in total. The fourth-order valence-electron chi connectivity index (χ4n) is 2.54. The number of hydrogen-bond acceptors (Lipinski definition) is 6. The van der Waals surface area contributed by atoms with Gasteiger partial charge in [-0.3, -0.25) is 4.57 Å². The first-order valence-electron chi connectivity index (χ1n) is 8.27. The number of fused-ring (bicyclic) bond motifs is 1. The number of esters is 1. The van der Waals surface area contributed by atoms with Crippen LogP contribution in [-0.2, 0) is 18.3 Å². The molecule has 3 rings (SSSR count). The molecule has 7 heteroatoms. The van der Waals surface area contributed by atoms with E-state index in [4.69, 9.17) is 18.5 Å². The normalized spacial score (nSPS) is 15.6. The molecule has 0 saturated carbocycles. The van der Waals surface area contributed by atoms with Gasteiger partial charge in [0, 0.05) is 19.8 Å². The minimum atomic E-state index is -3.61. The molecule has 1 aliphatic heterocycles. The van der Waals surface area contributed by atoms with E-state index in [0.717, 1.165) is 5.56 Å². The summed E-state index contributed by atoms with van der Waals surface area (Å²) in [4.78, 5) is 12.0. The first-order valence-corrected chi connectivity index (χ1v) is 9.88. The van der Waals surface area contributed by atoms with E-state index in [0.29, 0.717) is 22.6 Å². The van der Waals surface area contributed by atoms with Gasteiger partial charge >= 0.3 is 13.6 Å². The predicted molar refractivity (Wildman–Crippen MR) is 98.8 cm³/mol. The molecular weight excluding hydrogens is 355 g/mol. The van der Waals surface area contributed by atoms with Gasteiger partial charge in [-0.2, -0.15) is 0 Å². The van der Waals surface area contributed by atoms with E-state index >= 15 is 0 Å². The van der Waals surface area contributed by atoms with Crippen LogP contribution < -0.4 is 4.74 Å². The van der Waals surface area contributed by atoms with Crippen LogP contribution >= 0.6 is 7.60 Å². The lowest BCUT2D eigenvalue weighted by Crippen LogP contribution is -2.03. The Balaban J connectivity index is 0.00000117. The molecule has 0 aromatic heterocycles. The van der Waals surface area contributed by atoms with Crippen LogP contribution in [0.5, 0.6) is 11.5 Å². The maximum Gasteiger partial charge on any atom is 0.375 e. The molecule has 0 radical (unpaired) electrons. The molecule has 2 aromatic rings. The summed E-state index contributed by atoms with van der Waals surface area (Å²) in [6.07, 6.45) is 0. The van der Waals surface area contributed by atoms with Crippen LogP contribution in [0, 0.1) is 6.92 Å². The third-order valence-electron chi connectivity index (χ3n) is 3.75. The summed E-state index contributed by atoms with van der Waals surface area (Å²) in [7, 11) is -1.10. The van der Waals surface area contributed by atoms with Gasteiger partial charge in [0.15, 0.2) is 0 Å². The SMILES string of the molecule is CC.COP(=O)(OC)C1OC(=O)c2ccc(Oc3cccc(C)c3)cc21. The fraction of sp³-hybridized carbons (Fsp3) is 0.316. The van der Waals surface area contributed by atoms with Gasteiger partial charge in [-0.25, -0.2) is 4.79 Å². The molecule has 0 aliphatic carbocycles. The second kappa shape index (κ2) is 8.49. The lowest BCUT2D eigenvalue weighted by Gasteiger charge is -2.20. The van der Waals surface area contributed by atoms with E-state index in [1.54, 1.807) is 18.2 Å². The summed E-state index contributed by atoms with van der Waals surface area (Å²) in [5.74, 6) is -0.498. The molecule has 1 unspecified atom stereocenters. The molecule has 1 aliphatic rings. The Hall–Kier alpha value is -2.14. The summed E-state index contributed by atoms with van der Waals surface area (Å²) in [5.41, 5.74) is 1.82. The number of hydrogen-bond donors (Lipinski definition) is 0. The molecule has 0 amide bonds. The van der Waals surface area contributed by atoms with E-state index in [1.807, 2.05) is 45.0 Å². The van der Waals surface area contributed by atoms with Gasteiger partial charge in [-0.05, 0) is 42.8 Å². The van der Waals surface area contributed by atoms with Crippen LogP contribution in [0.4, 0.5) is 0 Å². The van der Waals surface area contributed by atoms with Crippen molar-refractivity contribution in [2.24, 2.45) is 0 Å². The first-order chi connectivity index (χ1) is 12.5. The number of cyclic esters (lactones) is 1. The van der Waals surface area contributed by atoms with E-state index in [9.17, 15) is 9.36 Å². The Kier molecular flexibility index (Phi) is 6.59. The monoisotopic (exact) mass is 378 g/mol.